The molecule has 0 radical (unpaired) electrons. The van der Waals surface area contributed by atoms with E-state index in [1.165, 1.54) is 19.2 Å². The quantitative estimate of drug-likeness (QED) is 0.647. The van der Waals surface area contributed by atoms with E-state index in [0.29, 0.717) is 16.9 Å². The molecule has 4 nitrogen and oxygen atoms in total. The van der Waals surface area contributed by atoms with Gasteiger partial charge in [0, 0.05) is 17.3 Å². The smallest absolute Gasteiger partial charge is 0.433 e. The minimum absolute atomic E-state index is 0.182. The summed E-state index contributed by atoms with van der Waals surface area (Å²) in [4.78, 5) is 14.6. The van der Waals surface area contributed by atoms with Gasteiger partial charge in [-0.1, -0.05) is 18.2 Å². The van der Waals surface area contributed by atoms with Gasteiger partial charge in [0.2, 0.25) is 0 Å². The predicted octanol–water partition coefficient (Wildman–Crippen LogP) is 5.45. The van der Waals surface area contributed by atoms with Crippen molar-refractivity contribution in [2.24, 2.45) is 0 Å². The van der Waals surface area contributed by atoms with Gasteiger partial charge in [-0.3, -0.25) is 4.98 Å². The molecule has 0 bridgehead atoms. The molecule has 28 heavy (non-hydrogen) atoms. The molecule has 3 aromatic rings. The fraction of sp³-hybridized carbons (Fsp3) is 0.143. The summed E-state index contributed by atoms with van der Waals surface area (Å²) in [7, 11) is 1.48. The van der Waals surface area contributed by atoms with Gasteiger partial charge in [-0.25, -0.2) is 4.79 Å². The zero-order chi connectivity index (χ0) is 20.5. The van der Waals surface area contributed by atoms with Crippen LogP contribution in [0.3, 0.4) is 0 Å². The third kappa shape index (κ3) is 3.83. The van der Waals surface area contributed by atoms with Crippen molar-refractivity contribution in [3.05, 3.63) is 71.5 Å². The van der Waals surface area contributed by atoms with Gasteiger partial charge in [-0.15, -0.1) is 0 Å². The lowest BCUT2D eigenvalue weighted by molar-refractivity contribution is -0.141. The second kappa shape index (κ2) is 7.34. The lowest BCUT2D eigenvalue weighted by Gasteiger charge is -2.13. The van der Waals surface area contributed by atoms with Crippen LogP contribution in [0.5, 0.6) is 5.75 Å². The molecule has 144 valence electrons. The average molecular weight is 387 g/mol. The van der Waals surface area contributed by atoms with Crippen LogP contribution in [-0.4, -0.2) is 23.2 Å². The third-order valence-electron chi connectivity index (χ3n) is 4.35. The molecular weight excluding hydrogens is 371 g/mol. The summed E-state index contributed by atoms with van der Waals surface area (Å²) in [5.41, 5.74) is 2.64. The first kappa shape index (κ1) is 19.4. The molecule has 7 heteroatoms. The van der Waals surface area contributed by atoms with Crippen molar-refractivity contribution in [3.63, 3.8) is 0 Å². The number of aromatic nitrogens is 1. The Bertz CT molecular complexity index is 1030. The molecule has 0 amide bonds. The molecule has 0 spiro atoms. The number of alkyl halides is 3. The summed E-state index contributed by atoms with van der Waals surface area (Å²) in [6.45, 7) is 1.80. The van der Waals surface area contributed by atoms with E-state index in [9.17, 15) is 18.0 Å². The van der Waals surface area contributed by atoms with Crippen molar-refractivity contribution in [1.82, 2.24) is 4.98 Å². The lowest BCUT2D eigenvalue weighted by Crippen LogP contribution is -2.07. The number of rotatable bonds is 4. The highest BCUT2D eigenvalue weighted by Crippen LogP contribution is 2.36. The van der Waals surface area contributed by atoms with Crippen molar-refractivity contribution in [2.45, 2.75) is 13.1 Å². The molecule has 0 aliphatic heterocycles. The van der Waals surface area contributed by atoms with Crippen LogP contribution in [0, 0.1) is 6.92 Å². The minimum atomic E-state index is -4.51. The van der Waals surface area contributed by atoms with Gasteiger partial charge in [0.1, 0.15) is 11.4 Å². The van der Waals surface area contributed by atoms with Gasteiger partial charge >= 0.3 is 12.1 Å². The Labute approximate surface area is 159 Å². The number of nitrogens with zero attached hydrogens (tertiary/aromatic N) is 1. The van der Waals surface area contributed by atoms with Crippen molar-refractivity contribution in [3.8, 4) is 28.0 Å². The first-order chi connectivity index (χ1) is 13.2. The Morgan fingerprint density at radius 3 is 2.25 bits per heavy atom. The maximum atomic E-state index is 12.8. The highest BCUT2D eigenvalue weighted by atomic mass is 19.4. The van der Waals surface area contributed by atoms with Gasteiger partial charge in [-0.2, -0.15) is 13.2 Å². The number of hydrogen-bond donors (Lipinski definition) is 1. The number of carbonyl (C=O) groups is 1. The van der Waals surface area contributed by atoms with E-state index in [4.69, 9.17) is 9.84 Å². The number of aromatic carboxylic acids is 1. The molecule has 3 rings (SSSR count). The molecule has 0 saturated heterocycles. The van der Waals surface area contributed by atoms with Crippen LogP contribution >= 0.6 is 0 Å². The van der Waals surface area contributed by atoms with Crippen molar-refractivity contribution < 1.29 is 27.8 Å². The van der Waals surface area contributed by atoms with Gasteiger partial charge < -0.3 is 9.84 Å². The number of carboxylic acid groups (broad SMARTS) is 1. The summed E-state index contributed by atoms with van der Waals surface area (Å²) in [6.07, 6.45) is -3.35. The molecular formula is C21H16F3NO3. The maximum Gasteiger partial charge on any atom is 0.433 e. The van der Waals surface area contributed by atoms with Crippen LogP contribution in [0.15, 0.2) is 54.7 Å². The van der Waals surface area contributed by atoms with E-state index in [2.05, 4.69) is 4.98 Å². The van der Waals surface area contributed by atoms with E-state index in [0.717, 1.165) is 29.0 Å². The van der Waals surface area contributed by atoms with Crippen molar-refractivity contribution in [2.75, 3.05) is 7.11 Å². The molecule has 0 saturated carbocycles. The normalized spacial score (nSPS) is 11.3. The molecule has 1 aromatic heterocycles. The second-order valence-corrected chi connectivity index (χ2v) is 6.18. The van der Waals surface area contributed by atoms with E-state index >= 15 is 0 Å². The van der Waals surface area contributed by atoms with Crippen molar-refractivity contribution >= 4 is 5.97 Å². The van der Waals surface area contributed by atoms with Gasteiger partial charge in [0.25, 0.3) is 0 Å². The zero-order valence-corrected chi connectivity index (χ0v) is 15.0. The van der Waals surface area contributed by atoms with Crippen LogP contribution < -0.4 is 4.74 Å². The third-order valence-corrected chi connectivity index (χ3v) is 4.35. The summed E-state index contributed by atoms with van der Waals surface area (Å²) in [5.74, 6) is -0.522. The topological polar surface area (TPSA) is 59.4 Å². The molecule has 2 aromatic carbocycles. The second-order valence-electron chi connectivity index (χ2n) is 6.18. The maximum absolute atomic E-state index is 12.8. The first-order valence-electron chi connectivity index (χ1n) is 8.26. The largest absolute Gasteiger partial charge is 0.496 e. The molecule has 0 aliphatic rings. The van der Waals surface area contributed by atoms with E-state index in [1.807, 2.05) is 6.07 Å². The molecule has 1 heterocycles. The van der Waals surface area contributed by atoms with Gasteiger partial charge in [0.15, 0.2) is 0 Å². The van der Waals surface area contributed by atoms with E-state index in [-0.39, 0.29) is 5.56 Å². The van der Waals surface area contributed by atoms with Crippen molar-refractivity contribution in [1.29, 1.82) is 0 Å². The number of carboxylic acids is 1. The number of halogens is 3. The minimum Gasteiger partial charge on any atom is -0.496 e. The lowest BCUT2D eigenvalue weighted by atomic mass is 9.95. The number of benzene rings is 2. The average Bonchev–Trinajstić information content (AvgIpc) is 2.67. The SMILES string of the molecule is COc1ccc(-c2ccc(C(=O)O)cc2C)cc1-c1ccc(C(F)(F)F)nc1. The molecule has 0 atom stereocenters. The zero-order valence-electron chi connectivity index (χ0n) is 15.0. The number of pyridine rings is 1. The predicted molar refractivity (Wildman–Crippen MR) is 98.4 cm³/mol. The monoisotopic (exact) mass is 387 g/mol. The van der Waals surface area contributed by atoms with Crippen LogP contribution in [0.1, 0.15) is 21.6 Å². The highest BCUT2D eigenvalue weighted by Gasteiger charge is 2.32. The summed E-state index contributed by atoms with van der Waals surface area (Å²) in [5, 5.41) is 9.11. The Balaban J connectivity index is 2.07. The standard InChI is InChI=1S/C21H16F3NO3/c1-12-9-14(20(26)27)3-6-16(12)13-4-7-18(28-2)17(10-13)15-5-8-19(25-11-15)21(22,23)24/h3-11H,1-2H3,(H,26,27). The molecule has 0 aliphatic carbocycles. The fourth-order valence-corrected chi connectivity index (χ4v) is 2.94. The summed E-state index contributed by atoms with van der Waals surface area (Å²) < 4.78 is 43.6. The van der Waals surface area contributed by atoms with Crippen LogP contribution in [0.2, 0.25) is 0 Å². The number of hydrogen-bond acceptors (Lipinski definition) is 3. The Morgan fingerprint density at radius 2 is 1.71 bits per heavy atom. The number of aryl methyl sites for hydroxylation is 1. The number of methoxy groups -OCH3 is 1. The summed E-state index contributed by atoms with van der Waals surface area (Å²) in [6, 6.07) is 12.4. The summed E-state index contributed by atoms with van der Waals surface area (Å²) >= 11 is 0. The molecule has 1 N–H and O–H groups in total. The number of ether oxygens (including phenoxy) is 1. The van der Waals surface area contributed by atoms with Crippen LogP contribution in [0.4, 0.5) is 13.2 Å². The van der Waals surface area contributed by atoms with Gasteiger partial charge in [-0.05, 0) is 53.9 Å². The Morgan fingerprint density at radius 1 is 1.00 bits per heavy atom. The van der Waals surface area contributed by atoms with Crippen LogP contribution in [-0.2, 0) is 6.18 Å². The Kier molecular flexibility index (Phi) is 5.09. The first-order valence-corrected chi connectivity index (χ1v) is 8.26. The van der Waals surface area contributed by atoms with E-state index in [1.54, 1.807) is 31.2 Å². The molecule has 0 fully saturated rings. The van der Waals surface area contributed by atoms with E-state index < -0.39 is 17.8 Å². The Hall–Kier alpha value is -3.35. The highest BCUT2D eigenvalue weighted by molar-refractivity contribution is 5.89. The fourth-order valence-electron chi connectivity index (χ4n) is 2.94. The van der Waals surface area contributed by atoms with Gasteiger partial charge in [0.05, 0.1) is 12.7 Å². The van der Waals surface area contributed by atoms with Crippen LogP contribution in [0.25, 0.3) is 22.3 Å². The molecule has 0 unspecified atom stereocenters.